The number of nitrogens with zero attached hydrogens (tertiary/aromatic N) is 1. The molecule has 2 aliphatic rings. The highest BCUT2D eigenvalue weighted by molar-refractivity contribution is 5.29. The van der Waals surface area contributed by atoms with E-state index in [1.54, 1.807) is 0 Å². The molecule has 92 valence electrons. The Bertz CT molecular complexity index is 395. The molecule has 17 heavy (non-hydrogen) atoms. The molecule has 3 rings (SSSR count). The second-order valence-corrected chi connectivity index (χ2v) is 5.43. The number of fused-ring (bicyclic) bond motifs is 1. The molecule has 0 amide bonds. The van der Waals surface area contributed by atoms with Crippen LogP contribution in [0.2, 0.25) is 0 Å². The number of hydrogen-bond donors (Lipinski definition) is 1. The van der Waals surface area contributed by atoms with Gasteiger partial charge in [0, 0.05) is 31.6 Å². The molecule has 0 radical (unpaired) electrons. The van der Waals surface area contributed by atoms with Crippen LogP contribution in [0.15, 0.2) is 24.3 Å². The standard InChI is InChI=1S/C14H20N2O/c15-8-14(10-17-11-14)9-16-6-5-12-3-1-2-4-13(12)7-16/h1-4H,5-11,15H2. The third-order valence-corrected chi connectivity index (χ3v) is 4.02. The zero-order chi connectivity index (χ0) is 11.7. The normalized spacial score (nSPS) is 22.9. The molecule has 0 atom stereocenters. The van der Waals surface area contributed by atoms with E-state index in [1.165, 1.54) is 11.1 Å². The summed E-state index contributed by atoms with van der Waals surface area (Å²) in [7, 11) is 0. The van der Waals surface area contributed by atoms with Crippen molar-refractivity contribution in [2.45, 2.75) is 13.0 Å². The molecule has 0 unspecified atom stereocenters. The summed E-state index contributed by atoms with van der Waals surface area (Å²) in [5.41, 5.74) is 9.09. The lowest BCUT2D eigenvalue weighted by Gasteiger charge is -2.44. The zero-order valence-corrected chi connectivity index (χ0v) is 10.2. The van der Waals surface area contributed by atoms with Gasteiger partial charge >= 0.3 is 0 Å². The van der Waals surface area contributed by atoms with Gasteiger partial charge in [0.25, 0.3) is 0 Å². The minimum atomic E-state index is 0.228. The Morgan fingerprint density at radius 3 is 2.65 bits per heavy atom. The Labute approximate surface area is 103 Å². The van der Waals surface area contributed by atoms with E-state index in [4.69, 9.17) is 10.5 Å². The van der Waals surface area contributed by atoms with Gasteiger partial charge in [-0.2, -0.15) is 0 Å². The summed E-state index contributed by atoms with van der Waals surface area (Å²) in [5.74, 6) is 0. The molecule has 0 spiro atoms. The minimum Gasteiger partial charge on any atom is -0.380 e. The molecule has 1 saturated heterocycles. The summed E-state index contributed by atoms with van der Waals surface area (Å²) in [6.07, 6.45) is 1.16. The lowest BCUT2D eigenvalue weighted by atomic mass is 9.84. The maximum Gasteiger partial charge on any atom is 0.0569 e. The van der Waals surface area contributed by atoms with Crippen molar-refractivity contribution in [3.8, 4) is 0 Å². The highest BCUT2D eigenvalue weighted by Crippen LogP contribution is 2.29. The second-order valence-electron chi connectivity index (χ2n) is 5.43. The Morgan fingerprint density at radius 1 is 1.24 bits per heavy atom. The largest absolute Gasteiger partial charge is 0.380 e. The summed E-state index contributed by atoms with van der Waals surface area (Å²) in [4.78, 5) is 2.53. The van der Waals surface area contributed by atoms with Crippen molar-refractivity contribution in [1.29, 1.82) is 0 Å². The van der Waals surface area contributed by atoms with Gasteiger partial charge in [0.05, 0.1) is 13.2 Å². The Hall–Kier alpha value is -0.900. The van der Waals surface area contributed by atoms with E-state index < -0.39 is 0 Å². The summed E-state index contributed by atoms with van der Waals surface area (Å²) < 4.78 is 5.33. The molecule has 1 fully saturated rings. The number of ether oxygens (including phenoxy) is 1. The van der Waals surface area contributed by atoms with E-state index in [2.05, 4.69) is 29.2 Å². The first-order valence-electron chi connectivity index (χ1n) is 6.38. The molecular formula is C14H20N2O. The number of nitrogens with two attached hydrogens (primary N) is 1. The molecule has 1 aromatic rings. The van der Waals surface area contributed by atoms with Crippen molar-refractivity contribution in [3.05, 3.63) is 35.4 Å². The van der Waals surface area contributed by atoms with Crippen molar-refractivity contribution >= 4 is 0 Å². The van der Waals surface area contributed by atoms with Gasteiger partial charge in [0.15, 0.2) is 0 Å². The predicted octanol–water partition coefficient (Wildman–Crippen LogP) is 1.02. The molecule has 2 aliphatic heterocycles. The van der Waals surface area contributed by atoms with Crippen LogP contribution in [0, 0.1) is 5.41 Å². The quantitative estimate of drug-likeness (QED) is 0.845. The fraction of sp³-hybridized carbons (Fsp3) is 0.571. The first-order chi connectivity index (χ1) is 8.31. The molecule has 2 N–H and O–H groups in total. The van der Waals surface area contributed by atoms with Crippen molar-refractivity contribution in [2.24, 2.45) is 11.1 Å². The van der Waals surface area contributed by atoms with Crippen molar-refractivity contribution in [3.63, 3.8) is 0 Å². The third kappa shape index (κ3) is 2.10. The van der Waals surface area contributed by atoms with Crippen LogP contribution in [0.4, 0.5) is 0 Å². The fourth-order valence-corrected chi connectivity index (χ4v) is 2.83. The summed E-state index contributed by atoms with van der Waals surface area (Å²) in [6.45, 7) is 5.71. The maximum absolute atomic E-state index is 5.87. The monoisotopic (exact) mass is 232 g/mol. The molecule has 3 heteroatoms. The second kappa shape index (κ2) is 4.41. The number of rotatable bonds is 3. The molecule has 2 heterocycles. The SMILES string of the molecule is NCC1(CN2CCc3ccccc3C2)COC1. The van der Waals surface area contributed by atoms with Crippen LogP contribution < -0.4 is 5.73 Å². The minimum absolute atomic E-state index is 0.228. The van der Waals surface area contributed by atoms with Gasteiger partial charge in [-0.25, -0.2) is 0 Å². The average Bonchev–Trinajstić information content (AvgIpc) is 2.34. The topological polar surface area (TPSA) is 38.5 Å². The van der Waals surface area contributed by atoms with E-state index >= 15 is 0 Å². The van der Waals surface area contributed by atoms with E-state index in [9.17, 15) is 0 Å². The third-order valence-electron chi connectivity index (χ3n) is 4.02. The molecule has 0 aromatic heterocycles. The summed E-state index contributed by atoms with van der Waals surface area (Å²) in [5, 5.41) is 0. The van der Waals surface area contributed by atoms with Gasteiger partial charge in [-0.05, 0) is 17.5 Å². The van der Waals surface area contributed by atoms with E-state index in [-0.39, 0.29) is 5.41 Å². The van der Waals surface area contributed by atoms with Gasteiger partial charge in [0.1, 0.15) is 0 Å². The Kier molecular flexibility index (Phi) is 2.90. The van der Waals surface area contributed by atoms with Gasteiger partial charge in [-0.3, -0.25) is 4.90 Å². The smallest absolute Gasteiger partial charge is 0.0569 e. The van der Waals surface area contributed by atoms with Crippen LogP contribution in [0.5, 0.6) is 0 Å². The van der Waals surface area contributed by atoms with E-state index in [0.29, 0.717) is 0 Å². The van der Waals surface area contributed by atoms with Crippen LogP contribution in [-0.2, 0) is 17.7 Å². The highest BCUT2D eigenvalue weighted by Gasteiger charge is 2.39. The molecule has 3 nitrogen and oxygen atoms in total. The van der Waals surface area contributed by atoms with Crippen molar-refractivity contribution in [2.75, 3.05) is 32.8 Å². The summed E-state index contributed by atoms with van der Waals surface area (Å²) in [6, 6.07) is 8.76. The van der Waals surface area contributed by atoms with Gasteiger partial charge in [0.2, 0.25) is 0 Å². The van der Waals surface area contributed by atoms with E-state index in [1.807, 2.05) is 0 Å². The molecule has 0 aliphatic carbocycles. The van der Waals surface area contributed by atoms with Crippen molar-refractivity contribution in [1.82, 2.24) is 4.90 Å². The van der Waals surface area contributed by atoms with E-state index in [0.717, 1.165) is 45.8 Å². The lowest BCUT2D eigenvalue weighted by molar-refractivity contribution is -0.121. The first kappa shape index (κ1) is 11.2. The van der Waals surface area contributed by atoms with Crippen LogP contribution in [0.1, 0.15) is 11.1 Å². The fourth-order valence-electron chi connectivity index (χ4n) is 2.83. The number of benzene rings is 1. The number of hydrogen-bond acceptors (Lipinski definition) is 3. The zero-order valence-electron chi connectivity index (χ0n) is 10.2. The molecule has 1 aromatic carbocycles. The highest BCUT2D eigenvalue weighted by atomic mass is 16.5. The Balaban J connectivity index is 1.68. The average molecular weight is 232 g/mol. The first-order valence-corrected chi connectivity index (χ1v) is 6.38. The maximum atomic E-state index is 5.87. The molecule has 0 saturated carbocycles. The van der Waals surface area contributed by atoms with Crippen molar-refractivity contribution < 1.29 is 4.74 Å². The van der Waals surface area contributed by atoms with Gasteiger partial charge in [-0.15, -0.1) is 0 Å². The molecular weight excluding hydrogens is 212 g/mol. The van der Waals surface area contributed by atoms with Gasteiger partial charge in [-0.1, -0.05) is 24.3 Å². The predicted molar refractivity (Wildman–Crippen MR) is 67.7 cm³/mol. The Morgan fingerprint density at radius 2 is 2.00 bits per heavy atom. The van der Waals surface area contributed by atoms with Crippen LogP contribution in [0.3, 0.4) is 0 Å². The lowest BCUT2D eigenvalue weighted by Crippen LogP contribution is -2.55. The summed E-state index contributed by atoms with van der Waals surface area (Å²) >= 11 is 0. The molecule has 0 bridgehead atoms. The van der Waals surface area contributed by atoms with Crippen LogP contribution >= 0.6 is 0 Å². The van der Waals surface area contributed by atoms with Crippen LogP contribution in [-0.4, -0.2) is 37.7 Å². The van der Waals surface area contributed by atoms with Gasteiger partial charge < -0.3 is 10.5 Å². The van der Waals surface area contributed by atoms with Crippen LogP contribution in [0.25, 0.3) is 0 Å².